The largest absolute Gasteiger partial charge is 0.480 e. The van der Waals surface area contributed by atoms with E-state index in [0.29, 0.717) is 31.4 Å². The average molecular weight is 1240 g/mol. The lowest BCUT2D eigenvalue weighted by Gasteiger charge is -2.43. The Labute approximate surface area is 516 Å². The first-order chi connectivity index (χ1) is 41.6. The zero-order chi connectivity index (χ0) is 65.9. The maximum Gasteiger partial charge on any atom is 0.410 e. The second-order valence-electron chi connectivity index (χ2n) is 22.9. The molecule has 0 spiro atoms. The van der Waals surface area contributed by atoms with Crippen LogP contribution in [-0.2, 0) is 82.9 Å². The van der Waals surface area contributed by atoms with Crippen LogP contribution in [0.5, 0.6) is 11.5 Å². The van der Waals surface area contributed by atoms with Gasteiger partial charge in [0.05, 0.1) is 55.9 Å². The molecule has 0 bridgehead atoms. The normalized spacial score (nSPS) is 21.3. The van der Waals surface area contributed by atoms with Crippen molar-refractivity contribution in [3.05, 3.63) is 59.7 Å². The lowest BCUT2D eigenvalue weighted by atomic mass is 9.89. The SMILES string of the molecule is C#CCOc1cc(OC2O[C@H](C(=O)OC)[C@@H](OC(C)=O)[C@H](OC(C)=O)[C@H]2OC(C)=O)ccc1COC(=O)N(C)[C@H](C(=O)N[C@H](C(=O)N(C)[C@@H](C(C)CC)[C@@H](CC(=O)N1CCC[C@H]1[C@H](OC)[C@@H](C)C(=O)N[C@H](C)[C@@H](O)c1ccccc1)OC)C(C)C)C(C)C. The zero-order valence-corrected chi connectivity index (χ0v) is 53.5. The number of aliphatic hydroxyl groups is 1. The molecule has 2 saturated heterocycles. The molecule has 2 heterocycles. The molecule has 25 nitrogen and oxygen atoms in total. The van der Waals surface area contributed by atoms with Gasteiger partial charge in [0.1, 0.15) is 36.8 Å². The molecule has 2 aromatic carbocycles. The van der Waals surface area contributed by atoms with Crippen LogP contribution in [0.15, 0.2) is 48.5 Å². The fourth-order valence-electron chi connectivity index (χ4n) is 11.2. The van der Waals surface area contributed by atoms with E-state index in [1.165, 1.54) is 44.4 Å². The van der Waals surface area contributed by atoms with Gasteiger partial charge in [0.15, 0.2) is 18.3 Å². The van der Waals surface area contributed by atoms with Crippen LogP contribution in [0.3, 0.4) is 0 Å². The highest BCUT2D eigenvalue weighted by Crippen LogP contribution is 2.35. The number of likely N-dealkylation sites (tertiary alicyclic amines) is 1. The number of methoxy groups -OCH3 is 3. The summed E-state index contributed by atoms with van der Waals surface area (Å²) in [6.45, 7) is 17.2. The highest BCUT2D eigenvalue weighted by Gasteiger charge is 2.56. The number of terminal acetylenes is 1. The Kier molecular flexibility index (Phi) is 28.4. The van der Waals surface area contributed by atoms with E-state index in [-0.39, 0.29) is 47.8 Å². The van der Waals surface area contributed by atoms with E-state index >= 15 is 0 Å². The molecule has 0 saturated carbocycles. The fraction of sp³-hybridized carbons (Fsp3) is 0.635. The van der Waals surface area contributed by atoms with Gasteiger partial charge in [-0.05, 0) is 55.2 Å². The number of carbonyl (C=O) groups is 9. The first kappa shape index (κ1) is 72.9. The lowest BCUT2D eigenvalue weighted by molar-refractivity contribution is -0.282. The van der Waals surface area contributed by atoms with Crippen LogP contribution in [-0.4, -0.2) is 195 Å². The second-order valence-corrected chi connectivity index (χ2v) is 22.9. The topological polar surface area (TPSA) is 300 Å². The zero-order valence-electron chi connectivity index (χ0n) is 53.5. The summed E-state index contributed by atoms with van der Waals surface area (Å²) in [7, 11) is 7.03. The Hall–Kier alpha value is -7.53. The Morgan fingerprint density at radius 1 is 0.795 bits per heavy atom. The molecule has 0 aliphatic carbocycles. The number of amides is 5. The number of nitrogens with one attached hydrogen (secondary N) is 2. The van der Waals surface area contributed by atoms with Gasteiger partial charge >= 0.3 is 30.0 Å². The first-order valence-corrected chi connectivity index (χ1v) is 29.5. The van der Waals surface area contributed by atoms with Crippen LogP contribution < -0.4 is 20.1 Å². The van der Waals surface area contributed by atoms with Crippen LogP contribution in [0, 0.1) is 36.0 Å². The van der Waals surface area contributed by atoms with Crippen molar-refractivity contribution in [2.75, 3.05) is 48.6 Å². The van der Waals surface area contributed by atoms with E-state index in [2.05, 4.69) is 16.6 Å². The summed E-state index contributed by atoms with van der Waals surface area (Å²) < 4.78 is 56.7. The van der Waals surface area contributed by atoms with Gasteiger partial charge in [0.2, 0.25) is 36.0 Å². The van der Waals surface area contributed by atoms with Gasteiger partial charge < -0.3 is 72.9 Å². The second kappa shape index (κ2) is 34.3. The molecule has 0 radical (unpaired) electrons. The number of rotatable bonds is 30. The van der Waals surface area contributed by atoms with Gasteiger partial charge in [0.25, 0.3) is 0 Å². The van der Waals surface area contributed by atoms with Gasteiger partial charge in [-0.1, -0.05) is 91.1 Å². The molecule has 2 aliphatic heterocycles. The van der Waals surface area contributed by atoms with E-state index in [9.17, 15) is 48.3 Å². The quantitative estimate of drug-likeness (QED) is 0.0544. The third-order valence-electron chi connectivity index (χ3n) is 15.9. The predicted octanol–water partition coefficient (Wildman–Crippen LogP) is 4.66. The summed E-state index contributed by atoms with van der Waals surface area (Å²) in [4.78, 5) is 126. The number of esters is 4. The molecule has 0 aromatic heterocycles. The van der Waals surface area contributed by atoms with Gasteiger partial charge in [-0.2, -0.15) is 0 Å². The molecular weight excluding hydrogens is 1150 g/mol. The van der Waals surface area contributed by atoms with E-state index in [0.717, 1.165) is 32.8 Å². The molecule has 88 heavy (non-hydrogen) atoms. The summed E-state index contributed by atoms with van der Waals surface area (Å²) in [6.07, 6.45) is -4.40. The van der Waals surface area contributed by atoms with Crippen molar-refractivity contribution >= 4 is 53.6 Å². The number of hydrogen-bond acceptors (Lipinski definition) is 20. The van der Waals surface area contributed by atoms with E-state index < -0.39 is 145 Å². The van der Waals surface area contributed by atoms with Crippen LogP contribution in [0.4, 0.5) is 4.79 Å². The molecule has 2 aliphatic rings. The molecular formula is C63H91N5O20. The van der Waals surface area contributed by atoms with Gasteiger partial charge in [-0.25, -0.2) is 9.59 Å². The Bertz CT molecular complexity index is 2740. The fourth-order valence-corrected chi connectivity index (χ4v) is 11.2. The molecule has 25 heteroatoms. The summed E-state index contributed by atoms with van der Waals surface area (Å²) in [5, 5.41) is 16.8. The Morgan fingerprint density at radius 2 is 1.42 bits per heavy atom. The highest BCUT2D eigenvalue weighted by atomic mass is 16.7. The van der Waals surface area contributed by atoms with Crippen LogP contribution in [0.25, 0.3) is 0 Å². The van der Waals surface area contributed by atoms with Gasteiger partial charge in [0, 0.05) is 67.3 Å². The predicted molar refractivity (Wildman–Crippen MR) is 317 cm³/mol. The molecule has 2 unspecified atom stereocenters. The number of hydrogen-bond donors (Lipinski definition) is 3. The lowest BCUT2D eigenvalue weighted by Crippen LogP contribution is -2.64. The minimum atomic E-state index is -1.74. The van der Waals surface area contributed by atoms with Crippen LogP contribution in [0.2, 0.25) is 0 Å². The van der Waals surface area contributed by atoms with Crippen LogP contribution >= 0.6 is 0 Å². The third-order valence-corrected chi connectivity index (χ3v) is 15.9. The minimum absolute atomic E-state index is 0.0373. The van der Waals surface area contributed by atoms with E-state index in [1.54, 1.807) is 65.6 Å². The van der Waals surface area contributed by atoms with Gasteiger partial charge in [-0.3, -0.25) is 38.5 Å². The van der Waals surface area contributed by atoms with Gasteiger partial charge in [-0.15, -0.1) is 6.42 Å². The number of aliphatic hydroxyl groups excluding tert-OH is 1. The average Bonchev–Trinajstić information content (AvgIpc) is 2.53. The monoisotopic (exact) mass is 1240 g/mol. The summed E-state index contributed by atoms with van der Waals surface area (Å²) in [5.74, 6) is -4.89. The third kappa shape index (κ3) is 19.2. The summed E-state index contributed by atoms with van der Waals surface area (Å²) in [6, 6.07) is 9.22. The summed E-state index contributed by atoms with van der Waals surface area (Å²) in [5.41, 5.74) is 0.921. The number of likely N-dealkylation sites (N-methyl/N-ethyl adjacent to an activating group) is 2. The molecule has 488 valence electrons. The first-order valence-electron chi connectivity index (χ1n) is 29.5. The highest BCUT2D eigenvalue weighted by molar-refractivity contribution is 5.92. The molecule has 2 aromatic rings. The van der Waals surface area contributed by atoms with Crippen molar-refractivity contribution in [3.8, 4) is 23.8 Å². The van der Waals surface area contributed by atoms with Crippen molar-refractivity contribution in [3.63, 3.8) is 0 Å². The summed E-state index contributed by atoms with van der Waals surface area (Å²) >= 11 is 0. The minimum Gasteiger partial charge on any atom is -0.480 e. The number of ether oxygens (including phenoxy) is 10. The molecule has 5 amide bonds. The smallest absolute Gasteiger partial charge is 0.410 e. The maximum absolute atomic E-state index is 14.8. The standard InChI is InChI=1S/C63H91N5O20/c1-18-30-82-46-31-44(87-62-57(86-41(12)71)55(85-40(11)70)54(84-39(10)69)56(88-62)61(77)81-17)28-27-43(46)33-83-63(78)67(14)50(35(5)6)59(75)65-49(34(3)4)60(76)66(13)51(36(7)19-2)47(79-15)32-48(72)68-29-23-26-45(68)53(80-16)37(8)58(74)64-38(9)52(73)42-24-21-20-22-25-42/h1,20-22,24-25,27-28,31,34-38,45,47,49-57,62,73H,19,23,26,29-30,32-33H2,2-17H3,(H,64,74)(H,65,75)/t36?,37-,38-,45+,47-,49+,50+,51+,52-,53-,54+,55+,56+,57-,62?/m1/s1. The molecule has 3 N–H and O–H groups in total. The van der Waals surface area contributed by atoms with Crippen molar-refractivity contribution in [1.82, 2.24) is 25.3 Å². The van der Waals surface area contributed by atoms with Crippen molar-refractivity contribution in [2.24, 2.45) is 23.7 Å². The molecule has 2 fully saturated rings. The van der Waals surface area contributed by atoms with Crippen LogP contribution in [0.1, 0.15) is 119 Å². The van der Waals surface area contributed by atoms with E-state index in [4.69, 9.17) is 53.8 Å². The molecule has 15 atom stereocenters. The number of benzene rings is 2. The number of carbonyl (C=O) groups excluding carboxylic acids is 9. The van der Waals surface area contributed by atoms with E-state index in [1.807, 2.05) is 32.0 Å². The maximum atomic E-state index is 14.8. The van der Waals surface area contributed by atoms with Crippen molar-refractivity contribution < 1.29 is 95.6 Å². The Balaban J connectivity index is 1.51. The van der Waals surface area contributed by atoms with Crippen molar-refractivity contribution in [1.29, 1.82) is 0 Å². The molecule has 4 rings (SSSR count). The van der Waals surface area contributed by atoms with Crippen molar-refractivity contribution in [2.45, 2.75) is 188 Å². The number of nitrogens with zero attached hydrogens (tertiary/aromatic N) is 3. The Morgan fingerprint density at radius 3 is 1.98 bits per heavy atom.